The third-order valence-electron chi connectivity index (χ3n) is 4.39. The smallest absolute Gasteiger partial charge is 0.255 e. The Morgan fingerprint density at radius 1 is 1.28 bits per heavy atom. The van der Waals surface area contributed by atoms with Crippen molar-refractivity contribution in [3.05, 3.63) is 40.4 Å². The molecular formula is C22H26ClNO5. The summed E-state index contributed by atoms with van der Waals surface area (Å²) in [6.07, 6.45) is 0.832. The van der Waals surface area contributed by atoms with Crippen LogP contribution in [0, 0.1) is 0 Å². The zero-order valence-corrected chi connectivity index (χ0v) is 18.1. The first-order chi connectivity index (χ1) is 13.8. The van der Waals surface area contributed by atoms with Gasteiger partial charge in [-0.05, 0) is 45.9 Å². The molecule has 0 aromatic heterocycles. The van der Waals surface area contributed by atoms with Gasteiger partial charge in [0.05, 0.1) is 30.5 Å². The lowest BCUT2D eigenvalue weighted by Gasteiger charge is -2.17. The van der Waals surface area contributed by atoms with Gasteiger partial charge in [-0.2, -0.15) is 0 Å². The number of benzene rings is 2. The maximum Gasteiger partial charge on any atom is 0.255 e. The highest BCUT2D eigenvalue weighted by atomic mass is 35.5. The topological polar surface area (TPSA) is 66.0 Å². The largest absolute Gasteiger partial charge is 0.493 e. The van der Waals surface area contributed by atoms with Gasteiger partial charge in [-0.25, -0.2) is 0 Å². The molecule has 1 aliphatic rings. The highest BCUT2D eigenvalue weighted by Crippen LogP contribution is 2.40. The Kier molecular flexibility index (Phi) is 6.42. The molecule has 2 aromatic carbocycles. The van der Waals surface area contributed by atoms with Gasteiger partial charge < -0.3 is 24.3 Å². The number of ether oxygens (including phenoxy) is 4. The van der Waals surface area contributed by atoms with E-state index in [1.54, 1.807) is 18.2 Å². The van der Waals surface area contributed by atoms with Crippen molar-refractivity contribution in [2.75, 3.05) is 19.0 Å². The van der Waals surface area contributed by atoms with Crippen LogP contribution in [0.1, 0.15) is 43.6 Å². The lowest BCUT2D eigenvalue weighted by atomic mass is 10.1. The zero-order valence-electron chi connectivity index (χ0n) is 17.3. The molecule has 2 aromatic rings. The van der Waals surface area contributed by atoms with Crippen LogP contribution in [0.3, 0.4) is 0 Å². The zero-order chi connectivity index (χ0) is 21.1. The van der Waals surface area contributed by atoms with E-state index in [4.69, 9.17) is 30.5 Å². The summed E-state index contributed by atoms with van der Waals surface area (Å²) in [5, 5.41) is 3.20. The van der Waals surface area contributed by atoms with Crippen LogP contribution in [-0.2, 0) is 6.42 Å². The Hall–Kier alpha value is -2.60. The number of carbonyl (C=O) groups excluding carboxylic acids is 1. The number of amides is 1. The molecule has 0 fully saturated rings. The fraction of sp³-hybridized carbons (Fsp3) is 0.409. The van der Waals surface area contributed by atoms with Crippen LogP contribution >= 0.6 is 11.6 Å². The molecule has 29 heavy (non-hydrogen) atoms. The molecule has 0 aliphatic carbocycles. The van der Waals surface area contributed by atoms with E-state index in [2.05, 4.69) is 5.32 Å². The molecule has 6 nitrogen and oxygen atoms in total. The Morgan fingerprint density at radius 2 is 2.03 bits per heavy atom. The molecular weight excluding hydrogens is 394 g/mol. The lowest BCUT2D eigenvalue weighted by molar-refractivity contribution is 0.102. The Labute approximate surface area is 176 Å². The van der Waals surface area contributed by atoms with Gasteiger partial charge in [0.2, 0.25) is 0 Å². The first kappa shape index (κ1) is 21.1. The van der Waals surface area contributed by atoms with Gasteiger partial charge in [0.25, 0.3) is 5.91 Å². The summed E-state index contributed by atoms with van der Waals surface area (Å²) in [4.78, 5) is 12.9. The van der Waals surface area contributed by atoms with Crippen LogP contribution in [0.15, 0.2) is 24.3 Å². The van der Waals surface area contributed by atoms with E-state index in [-0.39, 0.29) is 18.1 Å². The van der Waals surface area contributed by atoms with Gasteiger partial charge in [0.15, 0.2) is 11.5 Å². The number of rotatable bonds is 7. The van der Waals surface area contributed by atoms with Gasteiger partial charge >= 0.3 is 0 Å². The van der Waals surface area contributed by atoms with Gasteiger partial charge in [0.1, 0.15) is 17.6 Å². The highest BCUT2D eigenvalue weighted by molar-refractivity contribution is 6.32. The Bertz CT molecular complexity index is 913. The average Bonchev–Trinajstić information content (AvgIpc) is 3.02. The first-order valence-electron chi connectivity index (χ1n) is 9.64. The molecule has 0 spiro atoms. The summed E-state index contributed by atoms with van der Waals surface area (Å²) in [7, 11) is 1.51. The lowest BCUT2D eigenvalue weighted by Crippen LogP contribution is -2.14. The van der Waals surface area contributed by atoms with Gasteiger partial charge in [-0.1, -0.05) is 11.6 Å². The van der Waals surface area contributed by atoms with Crippen LogP contribution in [0.2, 0.25) is 5.02 Å². The molecule has 7 heteroatoms. The number of halogens is 1. The summed E-state index contributed by atoms with van der Waals surface area (Å²) in [5.41, 5.74) is 1.96. The van der Waals surface area contributed by atoms with Gasteiger partial charge in [-0.3, -0.25) is 4.79 Å². The second kappa shape index (κ2) is 8.82. The van der Waals surface area contributed by atoms with Crippen molar-refractivity contribution in [1.82, 2.24) is 0 Å². The normalized spacial score (nSPS) is 14.9. The summed E-state index contributed by atoms with van der Waals surface area (Å²) in [5.74, 6) is 1.83. The minimum absolute atomic E-state index is 0.0800. The summed E-state index contributed by atoms with van der Waals surface area (Å²) in [6, 6.07) is 6.89. The maximum absolute atomic E-state index is 12.9. The van der Waals surface area contributed by atoms with E-state index in [0.717, 1.165) is 17.7 Å². The fourth-order valence-corrected chi connectivity index (χ4v) is 3.46. The van der Waals surface area contributed by atoms with Gasteiger partial charge in [0, 0.05) is 23.6 Å². The number of anilines is 1. The SMILES string of the molecule is CCOc1cc2c(cc1NC(=O)c1cc(Cl)c(OC(C)C)c(OC)c1)O[C@@H](C)C2. The number of nitrogens with one attached hydrogen (secondary N) is 1. The molecule has 0 saturated heterocycles. The van der Waals surface area contributed by atoms with Crippen molar-refractivity contribution in [3.63, 3.8) is 0 Å². The summed E-state index contributed by atoms with van der Waals surface area (Å²) >= 11 is 6.35. The van der Waals surface area contributed by atoms with Crippen molar-refractivity contribution in [3.8, 4) is 23.0 Å². The van der Waals surface area contributed by atoms with Crippen LogP contribution in [0.5, 0.6) is 23.0 Å². The molecule has 0 unspecified atom stereocenters. The standard InChI is InChI=1S/C22H26ClNO5/c1-6-27-19-9-14-7-13(4)29-18(14)11-17(19)24-22(25)15-8-16(23)21(28-12(2)3)20(10-15)26-5/h8-13H,6-7H2,1-5H3,(H,24,25)/t13-/m0/s1. The molecule has 0 radical (unpaired) electrons. The third kappa shape index (κ3) is 4.70. The number of hydrogen-bond donors (Lipinski definition) is 1. The van der Waals surface area contributed by atoms with E-state index >= 15 is 0 Å². The highest BCUT2D eigenvalue weighted by Gasteiger charge is 2.23. The van der Waals surface area contributed by atoms with Crippen LogP contribution in [0.25, 0.3) is 0 Å². The van der Waals surface area contributed by atoms with Crippen molar-refractivity contribution < 1.29 is 23.7 Å². The van der Waals surface area contributed by atoms with E-state index in [0.29, 0.717) is 40.1 Å². The number of methoxy groups -OCH3 is 1. The molecule has 0 bridgehead atoms. The second-order valence-electron chi connectivity index (χ2n) is 7.13. The molecule has 0 saturated carbocycles. The van der Waals surface area contributed by atoms with Crippen molar-refractivity contribution in [1.29, 1.82) is 0 Å². The second-order valence-corrected chi connectivity index (χ2v) is 7.54. The van der Waals surface area contributed by atoms with E-state index in [9.17, 15) is 4.79 Å². The van der Waals surface area contributed by atoms with E-state index in [1.165, 1.54) is 7.11 Å². The van der Waals surface area contributed by atoms with Gasteiger partial charge in [-0.15, -0.1) is 0 Å². The van der Waals surface area contributed by atoms with Crippen molar-refractivity contribution in [2.24, 2.45) is 0 Å². The number of hydrogen-bond acceptors (Lipinski definition) is 5. The average molecular weight is 420 g/mol. The van der Waals surface area contributed by atoms with Crippen molar-refractivity contribution in [2.45, 2.75) is 46.3 Å². The number of fused-ring (bicyclic) bond motifs is 1. The van der Waals surface area contributed by atoms with E-state index < -0.39 is 0 Å². The van der Waals surface area contributed by atoms with E-state index in [1.807, 2.05) is 33.8 Å². The predicted molar refractivity (Wildman–Crippen MR) is 113 cm³/mol. The summed E-state index contributed by atoms with van der Waals surface area (Å²) in [6.45, 7) is 8.17. The first-order valence-corrected chi connectivity index (χ1v) is 10.0. The summed E-state index contributed by atoms with van der Waals surface area (Å²) < 4.78 is 22.6. The molecule has 1 N–H and O–H groups in total. The van der Waals surface area contributed by atoms with Crippen LogP contribution in [0.4, 0.5) is 5.69 Å². The molecule has 156 valence electrons. The molecule has 1 atom stereocenters. The van der Waals surface area contributed by atoms with Crippen LogP contribution in [-0.4, -0.2) is 31.8 Å². The Morgan fingerprint density at radius 3 is 2.69 bits per heavy atom. The minimum atomic E-state index is -0.340. The minimum Gasteiger partial charge on any atom is -0.493 e. The van der Waals surface area contributed by atoms with Crippen molar-refractivity contribution >= 4 is 23.2 Å². The maximum atomic E-state index is 12.9. The monoisotopic (exact) mass is 419 g/mol. The predicted octanol–water partition coefficient (Wildman–Crippen LogP) is 5.11. The molecule has 3 rings (SSSR count). The van der Waals surface area contributed by atoms with Crippen LogP contribution < -0.4 is 24.3 Å². The third-order valence-corrected chi connectivity index (χ3v) is 4.67. The molecule has 1 amide bonds. The fourth-order valence-electron chi connectivity index (χ4n) is 3.21. The quantitative estimate of drug-likeness (QED) is 0.675. The molecule has 1 aliphatic heterocycles. The number of carbonyl (C=O) groups is 1. The Balaban J connectivity index is 1.90. The molecule has 1 heterocycles.